The van der Waals surface area contributed by atoms with Crippen molar-refractivity contribution in [3.63, 3.8) is 0 Å². The second kappa shape index (κ2) is 7.11. The first-order valence-corrected chi connectivity index (χ1v) is 7.21. The largest absolute Gasteiger partial charge is 0.465 e. The Balaban J connectivity index is 0.00000161. The van der Waals surface area contributed by atoms with Crippen LogP contribution >= 0.6 is 12.4 Å². The van der Waals surface area contributed by atoms with Crippen LogP contribution < -0.4 is 5.32 Å². The summed E-state index contributed by atoms with van der Waals surface area (Å²) in [5, 5.41) is 12.8. The van der Waals surface area contributed by atoms with Crippen LogP contribution in [0.3, 0.4) is 0 Å². The van der Waals surface area contributed by atoms with Gasteiger partial charge in [-0.1, -0.05) is 30.3 Å². The van der Waals surface area contributed by atoms with E-state index in [4.69, 9.17) is 0 Å². The second-order valence-corrected chi connectivity index (χ2v) is 5.68. The Bertz CT molecular complexity index is 471. The minimum atomic E-state index is -0.837. The van der Waals surface area contributed by atoms with Crippen molar-refractivity contribution < 1.29 is 9.90 Å². The lowest BCUT2D eigenvalue weighted by Crippen LogP contribution is -2.46. The third-order valence-corrected chi connectivity index (χ3v) is 4.31. The van der Waals surface area contributed by atoms with Crippen LogP contribution in [0, 0.1) is 0 Å². The molecule has 0 aromatic heterocycles. The van der Waals surface area contributed by atoms with Gasteiger partial charge in [-0.15, -0.1) is 12.4 Å². The minimum absolute atomic E-state index is 0. The van der Waals surface area contributed by atoms with E-state index in [1.165, 1.54) is 11.3 Å². The molecule has 2 saturated heterocycles. The van der Waals surface area contributed by atoms with Crippen LogP contribution in [0.1, 0.15) is 12.0 Å². The van der Waals surface area contributed by atoms with Gasteiger partial charge in [0, 0.05) is 44.8 Å². The number of nitrogens with one attached hydrogen (secondary N) is 1. The average molecular weight is 312 g/mol. The molecule has 3 rings (SSSR count). The summed E-state index contributed by atoms with van der Waals surface area (Å²) >= 11 is 0. The molecule has 116 valence electrons. The van der Waals surface area contributed by atoms with Crippen molar-refractivity contribution in [1.82, 2.24) is 15.1 Å². The van der Waals surface area contributed by atoms with Gasteiger partial charge in [0.25, 0.3) is 0 Å². The van der Waals surface area contributed by atoms with Gasteiger partial charge in [0.05, 0.1) is 0 Å². The fourth-order valence-electron chi connectivity index (χ4n) is 3.22. The smallest absolute Gasteiger partial charge is 0.407 e. The minimum Gasteiger partial charge on any atom is -0.465 e. The number of carboxylic acid groups (broad SMARTS) is 1. The van der Waals surface area contributed by atoms with Crippen LogP contribution in [0.5, 0.6) is 0 Å². The molecule has 2 heterocycles. The quantitative estimate of drug-likeness (QED) is 0.868. The molecule has 0 spiro atoms. The summed E-state index contributed by atoms with van der Waals surface area (Å²) in [6, 6.07) is 11.0. The van der Waals surface area contributed by atoms with Crippen LogP contribution in [0.15, 0.2) is 30.3 Å². The number of amides is 1. The zero-order valence-corrected chi connectivity index (χ0v) is 12.8. The van der Waals surface area contributed by atoms with Crippen molar-refractivity contribution in [2.45, 2.75) is 25.0 Å². The molecule has 2 fully saturated rings. The van der Waals surface area contributed by atoms with Crippen molar-refractivity contribution in [3.8, 4) is 0 Å². The maximum Gasteiger partial charge on any atom is 0.407 e. The lowest BCUT2D eigenvalue weighted by molar-refractivity contribution is 0.128. The summed E-state index contributed by atoms with van der Waals surface area (Å²) in [5.74, 6) is 0. The molecular weight excluding hydrogens is 290 g/mol. The molecule has 0 saturated carbocycles. The number of halogens is 1. The van der Waals surface area contributed by atoms with E-state index >= 15 is 0 Å². The van der Waals surface area contributed by atoms with E-state index in [1.807, 2.05) is 30.3 Å². The van der Waals surface area contributed by atoms with Crippen molar-refractivity contribution in [2.24, 2.45) is 0 Å². The Morgan fingerprint density at radius 1 is 1.38 bits per heavy atom. The molecule has 0 aliphatic carbocycles. The molecule has 5 nitrogen and oxygen atoms in total. The molecule has 2 bridgehead atoms. The summed E-state index contributed by atoms with van der Waals surface area (Å²) in [6.45, 7) is 3.99. The molecule has 0 radical (unpaired) electrons. The highest BCUT2D eigenvalue weighted by Crippen LogP contribution is 2.22. The highest BCUT2D eigenvalue weighted by atomic mass is 35.5. The van der Waals surface area contributed by atoms with E-state index in [1.54, 1.807) is 0 Å². The molecule has 2 atom stereocenters. The predicted octanol–water partition coefficient (Wildman–Crippen LogP) is 1.63. The molecule has 1 amide bonds. The average Bonchev–Trinajstić information content (AvgIpc) is 3.06. The Morgan fingerprint density at radius 2 is 2.14 bits per heavy atom. The first kappa shape index (κ1) is 16.1. The number of hydrogen-bond donors (Lipinski definition) is 2. The van der Waals surface area contributed by atoms with Crippen LogP contribution in [0.25, 0.3) is 0 Å². The van der Waals surface area contributed by atoms with Crippen molar-refractivity contribution in [3.05, 3.63) is 35.9 Å². The van der Waals surface area contributed by atoms with Crippen molar-refractivity contribution in [1.29, 1.82) is 0 Å². The van der Waals surface area contributed by atoms with Gasteiger partial charge >= 0.3 is 6.09 Å². The molecule has 21 heavy (non-hydrogen) atoms. The van der Waals surface area contributed by atoms with Gasteiger partial charge in [-0.3, -0.25) is 4.90 Å². The molecule has 1 aromatic rings. The third kappa shape index (κ3) is 3.87. The first-order valence-electron chi connectivity index (χ1n) is 7.21. The van der Waals surface area contributed by atoms with E-state index in [-0.39, 0.29) is 12.4 Å². The third-order valence-electron chi connectivity index (χ3n) is 4.31. The number of rotatable bonds is 5. The van der Waals surface area contributed by atoms with Gasteiger partial charge in [0.2, 0.25) is 0 Å². The standard InChI is InChI=1S/C15H21N3O2.ClH/c19-15(20)18(10-12-4-2-1-3-5-12)7-6-17-11-13-8-14(17)9-16-13;/h1-5,13-14,16H,6-11H2,(H,19,20);1H/t13-,14-;/m0./s1. The van der Waals surface area contributed by atoms with E-state index in [9.17, 15) is 9.90 Å². The first-order chi connectivity index (χ1) is 9.72. The van der Waals surface area contributed by atoms with Gasteiger partial charge in [-0.2, -0.15) is 0 Å². The van der Waals surface area contributed by atoms with Crippen LogP contribution in [0.4, 0.5) is 4.79 Å². The Labute approximate surface area is 131 Å². The maximum absolute atomic E-state index is 11.4. The normalized spacial score (nSPS) is 23.8. The highest BCUT2D eigenvalue weighted by molar-refractivity contribution is 5.85. The number of nitrogens with zero attached hydrogens (tertiary/aromatic N) is 2. The number of hydrogen-bond acceptors (Lipinski definition) is 3. The number of fused-ring (bicyclic) bond motifs is 2. The molecule has 2 aliphatic rings. The summed E-state index contributed by atoms with van der Waals surface area (Å²) in [6.07, 6.45) is 0.377. The molecule has 6 heteroatoms. The molecular formula is C15H22ClN3O2. The van der Waals surface area contributed by atoms with Crippen LogP contribution in [-0.2, 0) is 6.54 Å². The highest BCUT2D eigenvalue weighted by Gasteiger charge is 2.37. The van der Waals surface area contributed by atoms with Crippen LogP contribution in [0.2, 0.25) is 0 Å². The van der Waals surface area contributed by atoms with Gasteiger partial charge in [0.1, 0.15) is 0 Å². The number of likely N-dealkylation sites (tertiary alicyclic amines) is 1. The number of piperazine rings is 1. The Morgan fingerprint density at radius 3 is 2.71 bits per heavy atom. The fraction of sp³-hybridized carbons (Fsp3) is 0.533. The zero-order chi connectivity index (χ0) is 13.9. The summed E-state index contributed by atoms with van der Waals surface area (Å²) in [5.41, 5.74) is 1.04. The van der Waals surface area contributed by atoms with Crippen molar-refractivity contribution in [2.75, 3.05) is 26.2 Å². The maximum atomic E-state index is 11.4. The molecule has 2 aliphatic heterocycles. The van der Waals surface area contributed by atoms with Gasteiger partial charge in [-0.25, -0.2) is 4.79 Å². The summed E-state index contributed by atoms with van der Waals surface area (Å²) < 4.78 is 0. The number of benzene rings is 1. The van der Waals surface area contributed by atoms with Crippen LogP contribution in [-0.4, -0.2) is 59.3 Å². The van der Waals surface area contributed by atoms with E-state index < -0.39 is 6.09 Å². The second-order valence-electron chi connectivity index (χ2n) is 5.68. The Kier molecular flexibility index (Phi) is 5.45. The SMILES string of the molecule is Cl.O=C(O)N(CCN1C[C@@H]2C[C@H]1CN2)Cc1ccccc1. The lowest BCUT2D eigenvalue weighted by Gasteiger charge is -2.29. The molecule has 1 aromatic carbocycles. The van der Waals surface area contributed by atoms with Gasteiger partial charge in [0.15, 0.2) is 0 Å². The van der Waals surface area contributed by atoms with E-state index in [0.717, 1.165) is 25.2 Å². The van der Waals surface area contributed by atoms with E-state index in [0.29, 0.717) is 25.2 Å². The lowest BCUT2D eigenvalue weighted by atomic mass is 10.2. The molecule has 2 N–H and O–H groups in total. The zero-order valence-electron chi connectivity index (χ0n) is 11.9. The van der Waals surface area contributed by atoms with Gasteiger partial charge < -0.3 is 15.3 Å². The predicted molar refractivity (Wildman–Crippen MR) is 83.9 cm³/mol. The summed E-state index contributed by atoms with van der Waals surface area (Å²) in [4.78, 5) is 15.3. The van der Waals surface area contributed by atoms with Crippen molar-refractivity contribution >= 4 is 18.5 Å². The summed E-state index contributed by atoms with van der Waals surface area (Å²) in [7, 11) is 0. The molecule has 0 unspecified atom stereocenters. The monoisotopic (exact) mass is 311 g/mol. The number of carbonyl (C=O) groups is 1. The topological polar surface area (TPSA) is 55.8 Å². The van der Waals surface area contributed by atoms with Gasteiger partial charge in [-0.05, 0) is 12.0 Å². The van der Waals surface area contributed by atoms with E-state index in [2.05, 4.69) is 10.2 Å². The fourth-order valence-corrected chi connectivity index (χ4v) is 3.22. The Hall–Kier alpha value is -1.30.